The number of hydrogen-bond donors (Lipinski definition) is 5. The summed E-state index contributed by atoms with van der Waals surface area (Å²) in [5.41, 5.74) is -6.99. The van der Waals surface area contributed by atoms with Crippen molar-refractivity contribution in [3.05, 3.63) is 82.9 Å². The maximum Gasteiger partial charge on any atom is 0.338 e. The summed E-state index contributed by atoms with van der Waals surface area (Å²) in [6.07, 6.45) is -10.2. The summed E-state index contributed by atoms with van der Waals surface area (Å²) in [6.45, 7) is 8.52. The van der Waals surface area contributed by atoms with E-state index in [1.165, 1.54) is 26.0 Å². The van der Waals surface area contributed by atoms with Gasteiger partial charge in [-0.2, -0.15) is 0 Å². The van der Waals surface area contributed by atoms with Crippen LogP contribution in [0.15, 0.2) is 71.8 Å². The Morgan fingerprint density at radius 1 is 0.982 bits per heavy atom. The highest BCUT2D eigenvalue weighted by Crippen LogP contribution is 2.64. The quantitative estimate of drug-likeness (QED) is 0.141. The molecule has 0 aromatic heterocycles. The lowest BCUT2D eigenvalue weighted by molar-refractivity contribution is -0.346. The summed E-state index contributed by atoms with van der Waals surface area (Å²) >= 11 is 0. The van der Waals surface area contributed by atoms with Gasteiger partial charge < -0.3 is 44.7 Å². The summed E-state index contributed by atoms with van der Waals surface area (Å²) < 4.78 is 24.1. The Bertz CT molecular complexity index is 1880. The van der Waals surface area contributed by atoms with Crippen LogP contribution in [0.25, 0.3) is 0 Å². The van der Waals surface area contributed by atoms with E-state index < -0.39 is 107 Å². The van der Waals surface area contributed by atoms with Gasteiger partial charge in [0, 0.05) is 31.6 Å². The molecule has 3 aliphatic carbocycles. The van der Waals surface area contributed by atoms with Gasteiger partial charge in [0.1, 0.15) is 30.0 Å². The van der Waals surface area contributed by atoms with Gasteiger partial charge in [0.15, 0.2) is 17.5 Å². The van der Waals surface area contributed by atoms with E-state index in [4.69, 9.17) is 18.9 Å². The van der Waals surface area contributed by atoms with E-state index in [2.05, 4.69) is 5.32 Å². The van der Waals surface area contributed by atoms with Gasteiger partial charge in [0.05, 0.1) is 35.6 Å². The van der Waals surface area contributed by atoms with Crippen molar-refractivity contribution in [2.75, 3.05) is 6.61 Å². The Morgan fingerprint density at radius 3 is 2.16 bits per heavy atom. The standard InChI is InChI=1S/C41H49NO13/c1-7-28(45)42-30(23-14-10-8-11-15-23)32(47)37(50)53-25-19-41(51)35(54-36(49)24-16-12-9-13-17-24)33-39(6,34(48)31(46)29(21(25)2)38(41,4)5)26(44)18-27-40(33,20-52-27)55-22(3)43/h8-17,25-27,30-33,35,44,46-47,51H,7,18-20H2,1-6H3,(H,42,45). The molecule has 0 radical (unpaired) electrons. The number of benzene rings is 2. The summed E-state index contributed by atoms with van der Waals surface area (Å²) in [5.74, 6) is -5.70. The average molecular weight is 764 g/mol. The van der Waals surface area contributed by atoms with Crippen LogP contribution in [0.5, 0.6) is 0 Å². The smallest absolute Gasteiger partial charge is 0.338 e. The van der Waals surface area contributed by atoms with Gasteiger partial charge in [-0.05, 0) is 42.7 Å². The van der Waals surface area contributed by atoms with E-state index in [1.54, 1.807) is 69.3 Å². The lowest BCUT2D eigenvalue weighted by Gasteiger charge is -2.67. The molecule has 1 saturated heterocycles. The molecule has 11 unspecified atom stereocenters. The number of Topliss-reactive ketones (excluding diaryl/α,β-unsaturated/α-hetero) is 1. The highest BCUT2D eigenvalue weighted by atomic mass is 16.6. The number of fused-ring (bicyclic) bond motifs is 5. The molecule has 2 saturated carbocycles. The zero-order valence-corrected chi connectivity index (χ0v) is 31.7. The third-order valence-electron chi connectivity index (χ3n) is 12.5. The summed E-state index contributed by atoms with van der Waals surface area (Å²) in [5, 5.41) is 51.4. The molecule has 4 aliphatic rings. The van der Waals surface area contributed by atoms with Crippen molar-refractivity contribution in [3.63, 3.8) is 0 Å². The minimum absolute atomic E-state index is 0.0430. The first-order valence-corrected chi connectivity index (χ1v) is 18.5. The molecule has 14 nitrogen and oxygen atoms in total. The van der Waals surface area contributed by atoms with Crippen LogP contribution in [-0.4, -0.2) is 104 Å². The maximum absolute atomic E-state index is 14.9. The van der Waals surface area contributed by atoms with Gasteiger partial charge in [0.25, 0.3) is 0 Å². The second kappa shape index (κ2) is 14.6. The molecule has 296 valence electrons. The minimum Gasteiger partial charge on any atom is -0.456 e. The van der Waals surface area contributed by atoms with Crippen LogP contribution < -0.4 is 5.32 Å². The molecule has 3 fully saturated rings. The van der Waals surface area contributed by atoms with E-state index in [9.17, 15) is 44.4 Å². The van der Waals surface area contributed by atoms with Crippen LogP contribution in [0.3, 0.4) is 0 Å². The van der Waals surface area contributed by atoms with Gasteiger partial charge in [-0.15, -0.1) is 0 Å². The van der Waals surface area contributed by atoms with Crippen LogP contribution in [0.1, 0.15) is 82.8 Å². The Balaban J connectivity index is 1.51. The van der Waals surface area contributed by atoms with Crippen LogP contribution in [0.4, 0.5) is 0 Å². The fourth-order valence-electron chi connectivity index (χ4n) is 9.40. The molecule has 1 amide bonds. The van der Waals surface area contributed by atoms with Gasteiger partial charge in [-0.3, -0.25) is 14.4 Å². The third kappa shape index (κ3) is 6.37. The van der Waals surface area contributed by atoms with Crippen molar-refractivity contribution in [1.29, 1.82) is 0 Å². The molecule has 6 rings (SSSR count). The van der Waals surface area contributed by atoms with Crippen LogP contribution in [0.2, 0.25) is 0 Å². The van der Waals surface area contributed by atoms with Crippen molar-refractivity contribution in [1.82, 2.24) is 5.32 Å². The Hall–Kier alpha value is -4.47. The zero-order chi connectivity index (χ0) is 40.2. The van der Waals surface area contributed by atoms with E-state index in [1.807, 2.05) is 0 Å². The fourth-order valence-corrected chi connectivity index (χ4v) is 9.40. The zero-order valence-electron chi connectivity index (χ0n) is 31.7. The lowest BCUT2D eigenvalue weighted by Crippen LogP contribution is -2.81. The minimum atomic E-state index is -2.32. The van der Waals surface area contributed by atoms with Crippen LogP contribution in [0, 0.1) is 16.7 Å². The summed E-state index contributed by atoms with van der Waals surface area (Å²) in [4.78, 5) is 68.2. The first kappa shape index (κ1) is 40.2. The predicted molar refractivity (Wildman–Crippen MR) is 193 cm³/mol. The fraction of sp³-hybridized carbons (Fsp3) is 0.537. The molecule has 14 heteroatoms. The van der Waals surface area contributed by atoms with E-state index >= 15 is 0 Å². The normalized spacial score (nSPS) is 34.6. The molecule has 2 bridgehead atoms. The highest BCUT2D eigenvalue weighted by molar-refractivity contribution is 5.94. The molecule has 1 aliphatic heterocycles. The topological polar surface area (TPSA) is 215 Å². The number of carbonyl (C=O) groups is 5. The Labute approximate surface area is 318 Å². The number of nitrogens with one attached hydrogen (secondary N) is 1. The number of ether oxygens (including phenoxy) is 4. The third-order valence-corrected chi connectivity index (χ3v) is 12.5. The number of aliphatic hydroxyl groups excluding tert-OH is 3. The molecular weight excluding hydrogens is 714 g/mol. The molecule has 5 N–H and O–H groups in total. The van der Waals surface area contributed by atoms with Gasteiger partial charge in [-0.25, -0.2) is 9.59 Å². The molecular formula is C41H49NO13. The summed E-state index contributed by atoms with van der Waals surface area (Å²) in [6, 6.07) is 15.0. The van der Waals surface area contributed by atoms with Gasteiger partial charge in [-0.1, -0.05) is 69.3 Å². The van der Waals surface area contributed by atoms with Crippen LogP contribution in [-0.2, 0) is 38.1 Å². The van der Waals surface area contributed by atoms with Crippen molar-refractivity contribution in [3.8, 4) is 0 Å². The maximum atomic E-state index is 14.9. The second-order valence-electron chi connectivity index (χ2n) is 15.8. The highest BCUT2D eigenvalue weighted by Gasteiger charge is 2.78. The molecule has 2 aromatic carbocycles. The number of esters is 3. The predicted octanol–water partition coefficient (Wildman–Crippen LogP) is 2.26. The van der Waals surface area contributed by atoms with Crippen molar-refractivity contribution in [2.45, 2.75) is 115 Å². The first-order valence-electron chi connectivity index (χ1n) is 18.5. The van der Waals surface area contributed by atoms with Gasteiger partial charge >= 0.3 is 17.9 Å². The van der Waals surface area contributed by atoms with Crippen molar-refractivity contribution >= 4 is 29.6 Å². The Morgan fingerprint density at radius 2 is 1.60 bits per heavy atom. The molecule has 1 heterocycles. The number of carbonyl (C=O) groups excluding carboxylic acids is 5. The van der Waals surface area contributed by atoms with E-state index in [0.717, 1.165) is 6.92 Å². The van der Waals surface area contributed by atoms with Crippen LogP contribution >= 0.6 is 0 Å². The second-order valence-corrected chi connectivity index (χ2v) is 15.8. The molecule has 55 heavy (non-hydrogen) atoms. The lowest BCUT2D eigenvalue weighted by atomic mass is 9.44. The summed E-state index contributed by atoms with van der Waals surface area (Å²) in [7, 11) is 0. The number of aliphatic hydroxyl groups is 4. The Kier molecular flexibility index (Phi) is 10.6. The molecule has 2 aromatic rings. The SMILES string of the molecule is CCC(=O)NC(c1ccccc1)C(O)C(=O)OC1CC2(O)C(OC(=O)c3ccccc3)C3C4(OC(C)=O)COC4CC(O)C3(C)C(=O)C(O)C(=C1C)C2(C)C. The molecule has 0 spiro atoms. The average Bonchev–Trinajstić information content (AvgIpc) is 3.15. The van der Waals surface area contributed by atoms with E-state index in [-0.39, 0.29) is 36.2 Å². The van der Waals surface area contributed by atoms with Crippen molar-refractivity contribution in [2.24, 2.45) is 16.7 Å². The van der Waals surface area contributed by atoms with E-state index in [0.29, 0.717) is 5.56 Å². The number of ketones is 1. The largest absolute Gasteiger partial charge is 0.456 e. The monoisotopic (exact) mass is 763 g/mol. The number of hydrogen-bond acceptors (Lipinski definition) is 13. The molecule has 11 atom stereocenters. The first-order chi connectivity index (χ1) is 25.8. The van der Waals surface area contributed by atoms with Crippen molar-refractivity contribution < 1.29 is 63.3 Å². The number of amides is 1. The number of rotatable bonds is 9. The van der Waals surface area contributed by atoms with Gasteiger partial charge in [0.2, 0.25) is 5.91 Å².